The van der Waals surface area contributed by atoms with Crippen LogP contribution in [0.15, 0.2) is 30.3 Å². The van der Waals surface area contributed by atoms with Crippen LogP contribution < -0.4 is 5.32 Å². The standard InChI is InChI=1S/C15H19N3/c1-10-14(11(2)18-17-10)9-16-15-8-13(15)12-6-4-3-5-7-12/h3-7,13,15-16H,8-9H2,1-2H3,(H,17,18). The summed E-state index contributed by atoms with van der Waals surface area (Å²) < 4.78 is 0. The molecule has 3 nitrogen and oxygen atoms in total. The molecule has 1 aliphatic rings. The van der Waals surface area contributed by atoms with Gasteiger partial charge in [-0.3, -0.25) is 5.10 Å². The minimum absolute atomic E-state index is 0.626. The molecule has 2 N–H and O–H groups in total. The number of H-pyrrole nitrogens is 1. The Kier molecular flexibility index (Phi) is 2.92. The van der Waals surface area contributed by atoms with Gasteiger partial charge in [0.15, 0.2) is 0 Å². The Balaban J connectivity index is 1.58. The number of aryl methyl sites for hydroxylation is 2. The first-order valence-corrected chi connectivity index (χ1v) is 6.54. The first-order chi connectivity index (χ1) is 8.75. The fraction of sp³-hybridized carbons (Fsp3) is 0.400. The van der Waals surface area contributed by atoms with Crippen LogP contribution in [0.2, 0.25) is 0 Å². The van der Waals surface area contributed by atoms with E-state index in [1.807, 2.05) is 0 Å². The molecule has 0 aliphatic heterocycles. The monoisotopic (exact) mass is 241 g/mol. The van der Waals surface area contributed by atoms with Gasteiger partial charge in [-0.25, -0.2) is 0 Å². The normalized spacial score (nSPS) is 22.1. The van der Waals surface area contributed by atoms with Gasteiger partial charge < -0.3 is 5.32 Å². The van der Waals surface area contributed by atoms with Crippen LogP contribution in [0.25, 0.3) is 0 Å². The molecule has 1 aromatic carbocycles. The molecule has 1 heterocycles. The van der Waals surface area contributed by atoms with E-state index in [9.17, 15) is 0 Å². The molecule has 2 unspecified atom stereocenters. The summed E-state index contributed by atoms with van der Waals surface area (Å²) in [5.74, 6) is 0.693. The van der Waals surface area contributed by atoms with E-state index in [2.05, 4.69) is 59.7 Å². The minimum atomic E-state index is 0.626. The lowest BCUT2D eigenvalue weighted by Crippen LogP contribution is -2.18. The molecular formula is C15H19N3. The first-order valence-electron chi connectivity index (χ1n) is 6.54. The van der Waals surface area contributed by atoms with Crippen molar-refractivity contribution in [1.82, 2.24) is 15.5 Å². The first kappa shape index (κ1) is 11.5. The second-order valence-corrected chi connectivity index (χ2v) is 5.15. The molecule has 3 heteroatoms. The van der Waals surface area contributed by atoms with Crippen LogP contribution in [-0.4, -0.2) is 16.2 Å². The number of nitrogens with zero attached hydrogens (tertiary/aromatic N) is 1. The van der Waals surface area contributed by atoms with Crippen molar-refractivity contribution in [2.75, 3.05) is 0 Å². The van der Waals surface area contributed by atoms with Crippen LogP contribution >= 0.6 is 0 Å². The van der Waals surface area contributed by atoms with Gasteiger partial charge in [-0.05, 0) is 25.8 Å². The average Bonchev–Trinajstić information content (AvgIpc) is 3.10. The average molecular weight is 241 g/mol. The van der Waals surface area contributed by atoms with Gasteiger partial charge in [0.2, 0.25) is 0 Å². The van der Waals surface area contributed by atoms with Crippen molar-refractivity contribution in [3.05, 3.63) is 52.8 Å². The highest BCUT2D eigenvalue weighted by molar-refractivity contribution is 5.28. The van der Waals surface area contributed by atoms with Crippen molar-refractivity contribution in [1.29, 1.82) is 0 Å². The summed E-state index contributed by atoms with van der Waals surface area (Å²) in [6, 6.07) is 11.4. The third-order valence-corrected chi connectivity index (χ3v) is 3.84. The lowest BCUT2D eigenvalue weighted by atomic mass is 10.1. The summed E-state index contributed by atoms with van der Waals surface area (Å²) >= 11 is 0. The summed E-state index contributed by atoms with van der Waals surface area (Å²) in [4.78, 5) is 0. The van der Waals surface area contributed by atoms with Crippen molar-refractivity contribution in [2.45, 2.75) is 38.8 Å². The zero-order chi connectivity index (χ0) is 12.5. The molecule has 0 saturated heterocycles. The van der Waals surface area contributed by atoms with Crippen LogP contribution in [0.4, 0.5) is 0 Å². The van der Waals surface area contributed by atoms with Gasteiger partial charge in [0.05, 0.1) is 5.69 Å². The Morgan fingerprint density at radius 1 is 1.28 bits per heavy atom. The van der Waals surface area contributed by atoms with Gasteiger partial charge in [0.1, 0.15) is 0 Å². The van der Waals surface area contributed by atoms with Crippen molar-refractivity contribution < 1.29 is 0 Å². The van der Waals surface area contributed by atoms with E-state index >= 15 is 0 Å². The van der Waals surface area contributed by atoms with Crippen molar-refractivity contribution in [3.8, 4) is 0 Å². The largest absolute Gasteiger partial charge is 0.309 e. The molecule has 0 spiro atoms. The predicted octanol–water partition coefficient (Wildman–Crippen LogP) is 2.67. The molecule has 18 heavy (non-hydrogen) atoms. The zero-order valence-corrected chi connectivity index (χ0v) is 10.9. The molecule has 2 aromatic rings. The molecule has 1 saturated carbocycles. The smallest absolute Gasteiger partial charge is 0.0638 e. The van der Waals surface area contributed by atoms with Gasteiger partial charge in [0, 0.05) is 29.8 Å². The van der Waals surface area contributed by atoms with Crippen LogP contribution in [0.5, 0.6) is 0 Å². The molecule has 1 aromatic heterocycles. The molecule has 0 radical (unpaired) electrons. The number of benzene rings is 1. The summed E-state index contributed by atoms with van der Waals surface area (Å²) in [6.07, 6.45) is 1.25. The molecule has 1 fully saturated rings. The molecule has 1 aliphatic carbocycles. The van der Waals surface area contributed by atoms with Crippen molar-refractivity contribution in [2.24, 2.45) is 0 Å². The van der Waals surface area contributed by atoms with Crippen LogP contribution in [0.3, 0.4) is 0 Å². The van der Waals surface area contributed by atoms with E-state index in [1.165, 1.54) is 23.2 Å². The minimum Gasteiger partial charge on any atom is -0.309 e. The van der Waals surface area contributed by atoms with Crippen LogP contribution in [0, 0.1) is 13.8 Å². The fourth-order valence-electron chi connectivity index (χ4n) is 2.56. The lowest BCUT2D eigenvalue weighted by Gasteiger charge is -2.05. The van der Waals surface area contributed by atoms with Crippen molar-refractivity contribution >= 4 is 0 Å². The number of rotatable bonds is 4. The Labute approximate surface area is 108 Å². The topological polar surface area (TPSA) is 40.7 Å². The van der Waals surface area contributed by atoms with Crippen LogP contribution in [0.1, 0.15) is 34.9 Å². The summed E-state index contributed by atoms with van der Waals surface area (Å²) in [5.41, 5.74) is 5.05. The molecule has 3 rings (SSSR count). The Hall–Kier alpha value is -1.61. The van der Waals surface area contributed by atoms with E-state index in [1.54, 1.807) is 0 Å². The van der Waals surface area contributed by atoms with Gasteiger partial charge >= 0.3 is 0 Å². The maximum Gasteiger partial charge on any atom is 0.0638 e. The Morgan fingerprint density at radius 3 is 2.72 bits per heavy atom. The molecule has 0 amide bonds. The fourth-order valence-corrected chi connectivity index (χ4v) is 2.56. The number of hydrogen-bond donors (Lipinski definition) is 2. The molecule has 2 atom stereocenters. The third kappa shape index (κ3) is 2.18. The SMILES string of the molecule is Cc1n[nH]c(C)c1CNC1CC1c1ccccc1. The summed E-state index contributed by atoms with van der Waals surface area (Å²) in [6.45, 7) is 5.06. The second kappa shape index (κ2) is 4.58. The van der Waals surface area contributed by atoms with E-state index in [0.29, 0.717) is 12.0 Å². The quantitative estimate of drug-likeness (QED) is 0.864. The van der Waals surface area contributed by atoms with Gasteiger partial charge in [-0.1, -0.05) is 30.3 Å². The van der Waals surface area contributed by atoms with Crippen LogP contribution in [-0.2, 0) is 6.54 Å². The number of nitrogens with one attached hydrogen (secondary N) is 2. The predicted molar refractivity (Wildman–Crippen MR) is 72.5 cm³/mol. The van der Waals surface area contributed by atoms with E-state index in [-0.39, 0.29) is 0 Å². The second-order valence-electron chi connectivity index (χ2n) is 5.15. The number of hydrogen-bond acceptors (Lipinski definition) is 2. The molecule has 0 bridgehead atoms. The highest BCUT2D eigenvalue weighted by Crippen LogP contribution is 2.40. The maximum atomic E-state index is 4.23. The zero-order valence-electron chi connectivity index (χ0n) is 10.9. The lowest BCUT2D eigenvalue weighted by molar-refractivity contribution is 0.668. The highest BCUT2D eigenvalue weighted by Gasteiger charge is 2.37. The van der Waals surface area contributed by atoms with Gasteiger partial charge in [-0.2, -0.15) is 5.10 Å². The molecular weight excluding hydrogens is 222 g/mol. The third-order valence-electron chi connectivity index (χ3n) is 3.84. The van der Waals surface area contributed by atoms with Gasteiger partial charge in [-0.15, -0.1) is 0 Å². The Bertz CT molecular complexity index is 510. The number of aromatic amines is 1. The maximum absolute atomic E-state index is 4.23. The Morgan fingerprint density at radius 2 is 2.06 bits per heavy atom. The van der Waals surface area contributed by atoms with E-state index < -0.39 is 0 Å². The van der Waals surface area contributed by atoms with Gasteiger partial charge in [0.25, 0.3) is 0 Å². The van der Waals surface area contributed by atoms with Crippen molar-refractivity contribution in [3.63, 3.8) is 0 Å². The van der Waals surface area contributed by atoms with E-state index in [0.717, 1.165) is 12.2 Å². The summed E-state index contributed by atoms with van der Waals surface area (Å²) in [5, 5.41) is 10.9. The number of aromatic nitrogens is 2. The molecule has 94 valence electrons. The van der Waals surface area contributed by atoms with E-state index in [4.69, 9.17) is 0 Å². The highest BCUT2D eigenvalue weighted by atomic mass is 15.1. The summed E-state index contributed by atoms with van der Waals surface area (Å²) in [7, 11) is 0.